The highest BCUT2D eigenvalue weighted by Crippen LogP contribution is 2.24. The van der Waals surface area contributed by atoms with Crippen molar-refractivity contribution >= 4 is 10.0 Å². The maximum atomic E-state index is 13.8. The van der Waals surface area contributed by atoms with E-state index in [1.54, 1.807) is 6.20 Å². The lowest BCUT2D eigenvalue weighted by atomic mass is 10.3. The molecule has 2 heterocycles. The van der Waals surface area contributed by atoms with Gasteiger partial charge in [0.25, 0.3) is 0 Å². The summed E-state index contributed by atoms with van der Waals surface area (Å²) in [7, 11) is -2.37. The quantitative estimate of drug-likeness (QED) is 0.808. The normalized spacial score (nSPS) is 16.7. The van der Waals surface area contributed by atoms with Crippen molar-refractivity contribution < 1.29 is 17.5 Å². The minimum atomic E-state index is -3.71. The standard InChI is InChI=1S/C17H20FN3O3S/c1-24-17-6-5-15(12-16(17)18)25(22,23)21-10-8-20(9-11-21)13-14-4-2-3-7-19-14/h2-7,12H,8-11,13H2,1H3. The van der Waals surface area contributed by atoms with Crippen LogP contribution in [-0.2, 0) is 16.6 Å². The van der Waals surface area contributed by atoms with Gasteiger partial charge in [-0.05, 0) is 30.3 Å². The third-order valence-corrected chi connectivity index (χ3v) is 6.10. The summed E-state index contributed by atoms with van der Waals surface area (Å²) in [6.45, 7) is 2.63. The van der Waals surface area contributed by atoms with Crippen molar-refractivity contribution in [2.75, 3.05) is 33.3 Å². The van der Waals surface area contributed by atoms with Gasteiger partial charge in [0.1, 0.15) is 0 Å². The fraction of sp³-hybridized carbons (Fsp3) is 0.353. The van der Waals surface area contributed by atoms with Gasteiger partial charge in [-0.3, -0.25) is 9.88 Å². The van der Waals surface area contributed by atoms with Crippen LogP contribution in [0.5, 0.6) is 5.75 Å². The van der Waals surface area contributed by atoms with E-state index in [0.717, 1.165) is 11.8 Å². The number of rotatable bonds is 5. The van der Waals surface area contributed by atoms with Crippen LogP contribution < -0.4 is 4.74 Å². The van der Waals surface area contributed by atoms with Gasteiger partial charge in [-0.1, -0.05) is 6.07 Å². The predicted molar refractivity (Wildman–Crippen MR) is 91.2 cm³/mol. The number of ether oxygens (including phenoxy) is 1. The van der Waals surface area contributed by atoms with Gasteiger partial charge in [0, 0.05) is 38.9 Å². The number of aromatic nitrogens is 1. The Labute approximate surface area is 146 Å². The summed E-state index contributed by atoms with van der Waals surface area (Å²) in [5, 5.41) is 0. The molecule has 25 heavy (non-hydrogen) atoms. The highest BCUT2D eigenvalue weighted by atomic mass is 32.2. The molecule has 0 saturated carbocycles. The van der Waals surface area contributed by atoms with Crippen molar-refractivity contribution in [1.82, 2.24) is 14.2 Å². The van der Waals surface area contributed by atoms with E-state index in [2.05, 4.69) is 9.88 Å². The molecule has 0 atom stereocenters. The maximum Gasteiger partial charge on any atom is 0.243 e. The van der Waals surface area contributed by atoms with E-state index in [1.165, 1.54) is 23.5 Å². The van der Waals surface area contributed by atoms with E-state index in [4.69, 9.17) is 4.74 Å². The Bertz CT molecular complexity index is 822. The Morgan fingerprint density at radius 3 is 2.52 bits per heavy atom. The molecular weight excluding hydrogens is 345 g/mol. The van der Waals surface area contributed by atoms with Gasteiger partial charge < -0.3 is 4.74 Å². The lowest BCUT2D eigenvalue weighted by Gasteiger charge is -2.33. The highest BCUT2D eigenvalue weighted by molar-refractivity contribution is 7.89. The zero-order valence-electron chi connectivity index (χ0n) is 13.9. The summed E-state index contributed by atoms with van der Waals surface area (Å²) >= 11 is 0. The van der Waals surface area contributed by atoms with Crippen molar-refractivity contribution in [2.45, 2.75) is 11.4 Å². The first kappa shape index (κ1) is 17.8. The topological polar surface area (TPSA) is 62.7 Å². The zero-order valence-corrected chi connectivity index (χ0v) is 14.7. The number of methoxy groups -OCH3 is 1. The minimum absolute atomic E-state index is 0.0270. The number of hydrogen-bond donors (Lipinski definition) is 0. The van der Waals surface area contributed by atoms with Crippen molar-refractivity contribution in [3.05, 3.63) is 54.1 Å². The molecule has 0 unspecified atom stereocenters. The molecule has 1 saturated heterocycles. The van der Waals surface area contributed by atoms with Crippen LogP contribution in [0.25, 0.3) is 0 Å². The first-order valence-electron chi connectivity index (χ1n) is 7.96. The number of hydrogen-bond acceptors (Lipinski definition) is 5. The van der Waals surface area contributed by atoms with Crippen LogP contribution in [0, 0.1) is 5.82 Å². The molecule has 0 spiro atoms. The molecule has 0 radical (unpaired) electrons. The molecule has 1 aromatic heterocycles. The highest BCUT2D eigenvalue weighted by Gasteiger charge is 2.29. The number of sulfonamides is 1. The first-order chi connectivity index (χ1) is 12.0. The molecule has 134 valence electrons. The number of halogens is 1. The Kier molecular flexibility index (Phi) is 5.31. The SMILES string of the molecule is COc1ccc(S(=O)(=O)N2CCN(Cc3ccccn3)CC2)cc1F. The van der Waals surface area contributed by atoms with Gasteiger partial charge in [0.2, 0.25) is 10.0 Å². The Morgan fingerprint density at radius 2 is 1.92 bits per heavy atom. The average Bonchev–Trinajstić information content (AvgIpc) is 2.63. The second-order valence-corrected chi connectivity index (χ2v) is 7.74. The Balaban J connectivity index is 1.66. The van der Waals surface area contributed by atoms with Crippen molar-refractivity contribution in [1.29, 1.82) is 0 Å². The fourth-order valence-corrected chi connectivity index (χ4v) is 4.24. The molecule has 2 aromatic rings. The van der Waals surface area contributed by atoms with Crippen molar-refractivity contribution in [2.24, 2.45) is 0 Å². The van der Waals surface area contributed by atoms with Crippen LogP contribution in [0.1, 0.15) is 5.69 Å². The van der Waals surface area contributed by atoms with Crippen LogP contribution in [-0.4, -0.2) is 55.9 Å². The summed E-state index contributed by atoms with van der Waals surface area (Å²) in [6, 6.07) is 9.46. The smallest absolute Gasteiger partial charge is 0.243 e. The molecule has 1 fully saturated rings. The van der Waals surface area contributed by atoms with Crippen LogP contribution in [0.15, 0.2) is 47.5 Å². The van der Waals surface area contributed by atoms with Gasteiger partial charge in [-0.2, -0.15) is 4.31 Å². The number of piperazine rings is 1. The monoisotopic (exact) mass is 365 g/mol. The summed E-state index contributed by atoms with van der Waals surface area (Å²) in [5.41, 5.74) is 0.955. The van der Waals surface area contributed by atoms with Gasteiger partial charge in [0.05, 0.1) is 17.7 Å². The molecule has 0 N–H and O–H groups in total. The van der Waals surface area contributed by atoms with Gasteiger partial charge >= 0.3 is 0 Å². The van der Waals surface area contributed by atoms with E-state index in [-0.39, 0.29) is 10.6 Å². The third kappa shape index (κ3) is 3.97. The summed E-state index contributed by atoms with van der Waals surface area (Å²) < 4.78 is 45.4. The molecular formula is C17H20FN3O3S. The molecule has 6 nitrogen and oxygen atoms in total. The zero-order chi connectivity index (χ0) is 17.9. The molecule has 0 amide bonds. The molecule has 1 aliphatic rings. The largest absolute Gasteiger partial charge is 0.494 e. The number of nitrogens with zero attached hydrogens (tertiary/aromatic N) is 3. The number of pyridine rings is 1. The molecule has 3 rings (SSSR count). The maximum absolute atomic E-state index is 13.8. The van der Waals surface area contributed by atoms with Gasteiger partial charge in [0.15, 0.2) is 11.6 Å². The molecule has 1 aromatic carbocycles. The van der Waals surface area contributed by atoms with E-state index in [0.29, 0.717) is 32.7 Å². The van der Waals surface area contributed by atoms with E-state index >= 15 is 0 Å². The second kappa shape index (κ2) is 7.47. The predicted octanol–water partition coefficient (Wildman–Crippen LogP) is 1.74. The van der Waals surface area contributed by atoms with Crippen LogP contribution in [0.4, 0.5) is 4.39 Å². The summed E-state index contributed by atoms with van der Waals surface area (Å²) in [4.78, 5) is 6.39. The molecule has 0 aliphatic carbocycles. The number of benzene rings is 1. The van der Waals surface area contributed by atoms with Crippen molar-refractivity contribution in [3.63, 3.8) is 0 Å². The van der Waals surface area contributed by atoms with Gasteiger partial charge in [-0.25, -0.2) is 12.8 Å². The van der Waals surface area contributed by atoms with E-state index < -0.39 is 15.8 Å². The molecule has 8 heteroatoms. The van der Waals surface area contributed by atoms with E-state index in [1.807, 2.05) is 18.2 Å². The fourth-order valence-electron chi connectivity index (χ4n) is 2.81. The van der Waals surface area contributed by atoms with Crippen LogP contribution >= 0.6 is 0 Å². The summed E-state index contributed by atoms with van der Waals surface area (Å²) in [6.07, 6.45) is 1.74. The molecule has 1 aliphatic heterocycles. The van der Waals surface area contributed by atoms with Crippen LogP contribution in [0.3, 0.4) is 0 Å². The lowest BCUT2D eigenvalue weighted by Crippen LogP contribution is -2.48. The Hall–Kier alpha value is -2.03. The average molecular weight is 365 g/mol. The Morgan fingerprint density at radius 1 is 1.16 bits per heavy atom. The minimum Gasteiger partial charge on any atom is -0.494 e. The van der Waals surface area contributed by atoms with Gasteiger partial charge in [-0.15, -0.1) is 0 Å². The molecule has 0 bridgehead atoms. The lowest BCUT2D eigenvalue weighted by molar-refractivity contribution is 0.180. The first-order valence-corrected chi connectivity index (χ1v) is 9.40. The third-order valence-electron chi connectivity index (χ3n) is 4.20. The van der Waals surface area contributed by atoms with Crippen molar-refractivity contribution in [3.8, 4) is 5.75 Å². The van der Waals surface area contributed by atoms with Crippen LogP contribution in [0.2, 0.25) is 0 Å². The summed E-state index contributed by atoms with van der Waals surface area (Å²) in [5.74, 6) is -0.656. The second-order valence-electron chi connectivity index (χ2n) is 5.80. The van der Waals surface area contributed by atoms with E-state index in [9.17, 15) is 12.8 Å².